The van der Waals surface area contributed by atoms with Crippen LogP contribution in [0.4, 0.5) is 5.69 Å². The van der Waals surface area contributed by atoms with Crippen molar-refractivity contribution < 1.29 is 9.53 Å². The Morgan fingerprint density at radius 2 is 2.05 bits per heavy atom. The number of benzene rings is 1. The molecule has 1 aliphatic rings. The van der Waals surface area contributed by atoms with Gasteiger partial charge in [0.05, 0.1) is 12.5 Å². The van der Waals surface area contributed by atoms with E-state index in [1.54, 1.807) is 0 Å². The molecule has 1 saturated carbocycles. The lowest BCUT2D eigenvalue weighted by Gasteiger charge is -2.32. The second kappa shape index (κ2) is 7.17. The first-order valence-corrected chi connectivity index (χ1v) is 8.25. The van der Waals surface area contributed by atoms with Crippen LogP contribution in [0.2, 0.25) is 0 Å². The number of anilines is 1. The second-order valence-corrected chi connectivity index (χ2v) is 6.23. The second-order valence-electron chi connectivity index (χ2n) is 5.96. The van der Waals surface area contributed by atoms with Crippen molar-refractivity contribution in [1.29, 1.82) is 0 Å². The maximum absolute atomic E-state index is 12.5. The van der Waals surface area contributed by atoms with Gasteiger partial charge in [0, 0.05) is 16.7 Å². The van der Waals surface area contributed by atoms with Crippen LogP contribution in [-0.2, 0) is 10.7 Å². The van der Waals surface area contributed by atoms with Crippen LogP contribution in [0, 0.1) is 5.41 Å². The number of hydrogen-bond acceptors (Lipinski definition) is 2. The van der Waals surface area contributed by atoms with Crippen molar-refractivity contribution in [3.05, 3.63) is 23.8 Å². The molecule has 0 radical (unpaired) electrons. The Balaban J connectivity index is 2.10. The Kier molecular flexibility index (Phi) is 5.51. The van der Waals surface area contributed by atoms with E-state index in [0.717, 1.165) is 42.7 Å². The highest BCUT2D eigenvalue weighted by molar-refractivity contribution is 6.17. The molecule has 0 aromatic heterocycles. The molecule has 0 unspecified atom stereocenters. The van der Waals surface area contributed by atoms with Crippen molar-refractivity contribution in [3.8, 4) is 5.75 Å². The molecule has 1 amide bonds. The fourth-order valence-corrected chi connectivity index (χ4v) is 3.11. The molecule has 1 aromatic rings. The molecule has 0 bridgehead atoms. The minimum Gasteiger partial charge on any atom is -0.494 e. The maximum Gasteiger partial charge on any atom is 0.230 e. The fourth-order valence-electron chi connectivity index (χ4n) is 2.90. The molecule has 4 heteroatoms. The summed E-state index contributed by atoms with van der Waals surface area (Å²) in [6, 6.07) is 5.66. The van der Waals surface area contributed by atoms with Gasteiger partial charge in [-0.3, -0.25) is 4.79 Å². The molecule has 3 nitrogen and oxygen atoms in total. The molecular formula is C17H24ClNO2. The van der Waals surface area contributed by atoms with Crippen LogP contribution in [0.3, 0.4) is 0 Å². The topological polar surface area (TPSA) is 38.3 Å². The Bertz CT molecular complexity index is 496. The minimum atomic E-state index is -0.238. The minimum absolute atomic E-state index is 0.117. The summed E-state index contributed by atoms with van der Waals surface area (Å²) in [4.78, 5) is 12.5. The number of nitrogens with one attached hydrogen (secondary N) is 1. The van der Waals surface area contributed by atoms with Gasteiger partial charge < -0.3 is 10.1 Å². The molecule has 1 N–H and O–H groups in total. The zero-order chi connectivity index (χ0) is 15.3. The lowest BCUT2D eigenvalue weighted by Crippen LogP contribution is -2.35. The van der Waals surface area contributed by atoms with Gasteiger partial charge in [0.1, 0.15) is 5.75 Å². The van der Waals surface area contributed by atoms with Crippen molar-refractivity contribution in [1.82, 2.24) is 0 Å². The highest BCUT2D eigenvalue weighted by Crippen LogP contribution is 2.37. The summed E-state index contributed by atoms with van der Waals surface area (Å²) in [6.07, 6.45) is 5.46. The van der Waals surface area contributed by atoms with E-state index < -0.39 is 0 Å². The van der Waals surface area contributed by atoms with E-state index in [1.807, 2.05) is 25.1 Å². The van der Waals surface area contributed by atoms with Gasteiger partial charge in [-0.25, -0.2) is 0 Å². The van der Waals surface area contributed by atoms with Crippen molar-refractivity contribution in [3.63, 3.8) is 0 Å². The zero-order valence-corrected chi connectivity index (χ0v) is 13.6. The number of amides is 1. The average molecular weight is 310 g/mol. The summed E-state index contributed by atoms with van der Waals surface area (Å²) in [5.41, 5.74) is 1.47. The number of carbonyl (C=O) groups is 1. The van der Waals surface area contributed by atoms with Gasteiger partial charge in [-0.1, -0.05) is 26.2 Å². The Hall–Kier alpha value is -1.22. The number of alkyl halides is 1. The Labute approximate surface area is 132 Å². The largest absolute Gasteiger partial charge is 0.494 e. The standard InChI is InChI=1S/C17H24ClNO2/c1-3-21-15-8-7-14(11-13(15)12-18)19-16(20)17(2)9-5-4-6-10-17/h7-8,11H,3-6,9-10,12H2,1-2H3,(H,19,20). The summed E-state index contributed by atoms with van der Waals surface area (Å²) in [7, 11) is 0. The Morgan fingerprint density at radius 3 is 2.67 bits per heavy atom. The van der Waals surface area contributed by atoms with E-state index >= 15 is 0 Å². The van der Waals surface area contributed by atoms with E-state index in [2.05, 4.69) is 12.2 Å². The summed E-state index contributed by atoms with van der Waals surface area (Å²) in [5.74, 6) is 1.28. The lowest BCUT2D eigenvalue weighted by molar-refractivity contribution is -0.126. The van der Waals surface area contributed by atoms with Crippen LogP contribution in [0.5, 0.6) is 5.75 Å². The van der Waals surface area contributed by atoms with Crippen LogP contribution < -0.4 is 10.1 Å². The van der Waals surface area contributed by atoms with Crippen molar-refractivity contribution >= 4 is 23.2 Å². The number of carbonyl (C=O) groups excluding carboxylic acids is 1. The fraction of sp³-hybridized carbons (Fsp3) is 0.588. The van der Waals surface area contributed by atoms with Gasteiger partial charge in [0.2, 0.25) is 5.91 Å². The third-order valence-electron chi connectivity index (χ3n) is 4.27. The third kappa shape index (κ3) is 3.91. The van der Waals surface area contributed by atoms with Crippen LogP contribution in [0.25, 0.3) is 0 Å². The smallest absolute Gasteiger partial charge is 0.230 e. The zero-order valence-electron chi connectivity index (χ0n) is 12.9. The molecule has 0 saturated heterocycles. The van der Waals surface area contributed by atoms with Gasteiger partial charge in [-0.2, -0.15) is 0 Å². The third-order valence-corrected chi connectivity index (χ3v) is 4.56. The molecule has 0 atom stereocenters. The van der Waals surface area contributed by atoms with E-state index in [-0.39, 0.29) is 11.3 Å². The van der Waals surface area contributed by atoms with Gasteiger partial charge >= 0.3 is 0 Å². The van der Waals surface area contributed by atoms with Crippen LogP contribution in [0.15, 0.2) is 18.2 Å². The first-order valence-electron chi connectivity index (χ1n) is 7.72. The lowest BCUT2D eigenvalue weighted by atomic mass is 9.75. The molecule has 0 heterocycles. The maximum atomic E-state index is 12.5. The molecule has 1 aliphatic carbocycles. The first kappa shape index (κ1) is 16.2. The van der Waals surface area contributed by atoms with E-state index in [1.165, 1.54) is 6.42 Å². The average Bonchev–Trinajstić information content (AvgIpc) is 2.49. The van der Waals surface area contributed by atoms with Gasteiger partial charge in [-0.05, 0) is 38.0 Å². The monoisotopic (exact) mass is 309 g/mol. The molecule has 0 aliphatic heterocycles. The predicted molar refractivity (Wildman–Crippen MR) is 87.0 cm³/mol. The summed E-state index contributed by atoms with van der Waals surface area (Å²) in [5, 5.41) is 3.04. The quantitative estimate of drug-likeness (QED) is 0.798. The molecule has 1 aromatic carbocycles. The highest BCUT2D eigenvalue weighted by atomic mass is 35.5. The summed E-state index contributed by atoms with van der Waals surface area (Å²) < 4.78 is 5.53. The van der Waals surface area contributed by atoms with Crippen LogP contribution in [0.1, 0.15) is 51.5 Å². The van der Waals surface area contributed by atoms with E-state index in [4.69, 9.17) is 16.3 Å². The van der Waals surface area contributed by atoms with Crippen LogP contribution >= 0.6 is 11.6 Å². The SMILES string of the molecule is CCOc1ccc(NC(=O)C2(C)CCCCC2)cc1CCl. The van der Waals surface area contributed by atoms with Crippen molar-refractivity contribution in [2.24, 2.45) is 5.41 Å². The number of ether oxygens (including phenoxy) is 1. The normalized spacial score (nSPS) is 17.3. The molecular weight excluding hydrogens is 286 g/mol. The van der Waals surface area contributed by atoms with Crippen molar-refractivity contribution in [2.45, 2.75) is 51.8 Å². The summed E-state index contributed by atoms with van der Waals surface area (Å²) >= 11 is 5.96. The molecule has 1 fully saturated rings. The van der Waals surface area contributed by atoms with E-state index in [0.29, 0.717) is 12.5 Å². The summed E-state index contributed by atoms with van der Waals surface area (Å²) in [6.45, 7) is 4.61. The van der Waals surface area contributed by atoms with Crippen LogP contribution in [-0.4, -0.2) is 12.5 Å². The molecule has 2 rings (SSSR count). The number of rotatable bonds is 5. The predicted octanol–water partition coefficient (Wildman–Crippen LogP) is 4.73. The molecule has 116 valence electrons. The van der Waals surface area contributed by atoms with Crippen molar-refractivity contribution in [2.75, 3.05) is 11.9 Å². The van der Waals surface area contributed by atoms with Gasteiger partial charge in [0.15, 0.2) is 0 Å². The number of hydrogen-bond donors (Lipinski definition) is 1. The first-order chi connectivity index (χ1) is 10.1. The van der Waals surface area contributed by atoms with E-state index in [9.17, 15) is 4.79 Å². The van der Waals surface area contributed by atoms with Gasteiger partial charge in [0.25, 0.3) is 0 Å². The Morgan fingerprint density at radius 1 is 1.33 bits per heavy atom. The number of halogens is 1. The van der Waals surface area contributed by atoms with Gasteiger partial charge in [-0.15, -0.1) is 11.6 Å². The highest BCUT2D eigenvalue weighted by Gasteiger charge is 2.34. The molecule has 21 heavy (non-hydrogen) atoms. The molecule has 0 spiro atoms.